The summed E-state index contributed by atoms with van der Waals surface area (Å²) in [6.45, 7) is 5.71. The maximum Gasteiger partial charge on any atom is 0.160 e. The molecule has 0 aliphatic carbocycles. The van der Waals surface area contributed by atoms with Crippen LogP contribution in [0.3, 0.4) is 0 Å². The van der Waals surface area contributed by atoms with Crippen molar-refractivity contribution >= 4 is 11.1 Å². The fourth-order valence-electron chi connectivity index (χ4n) is 1.11. The summed E-state index contributed by atoms with van der Waals surface area (Å²) < 4.78 is 25.0. The molecular formula is C11H14O3S. The first-order valence-electron chi connectivity index (χ1n) is 4.58. The highest BCUT2D eigenvalue weighted by atomic mass is 32.2. The van der Waals surface area contributed by atoms with Gasteiger partial charge in [0.25, 0.3) is 0 Å². The van der Waals surface area contributed by atoms with Gasteiger partial charge in [-0.25, -0.2) is 4.21 Å². The van der Waals surface area contributed by atoms with Gasteiger partial charge in [0.2, 0.25) is 0 Å². The fourth-order valence-corrected chi connectivity index (χ4v) is 1.50. The van der Waals surface area contributed by atoms with E-state index in [1.165, 1.54) is 0 Å². The molecule has 0 radical (unpaired) electrons. The average molecular weight is 226 g/mol. The van der Waals surface area contributed by atoms with E-state index in [0.29, 0.717) is 6.61 Å². The molecule has 0 bridgehead atoms. The second kappa shape index (κ2) is 5.68. The van der Waals surface area contributed by atoms with Crippen molar-refractivity contribution in [1.82, 2.24) is 0 Å². The average Bonchev–Trinajstić information content (AvgIpc) is 2.26. The van der Waals surface area contributed by atoms with Gasteiger partial charge in [-0.15, -0.1) is 0 Å². The van der Waals surface area contributed by atoms with E-state index in [2.05, 4.69) is 6.58 Å². The van der Waals surface area contributed by atoms with Crippen LogP contribution in [0, 0.1) is 0 Å². The lowest BCUT2D eigenvalue weighted by molar-refractivity contribution is 0.363. The molecule has 1 N–H and O–H groups in total. The Balaban J connectivity index is 2.71. The number of benzene rings is 1. The molecule has 0 spiro atoms. The number of hydrogen-bond donors (Lipinski definition) is 1. The number of rotatable bonds is 5. The zero-order valence-corrected chi connectivity index (χ0v) is 9.37. The van der Waals surface area contributed by atoms with E-state index < -0.39 is 11.1 Å². The molecule has 0 saturated heterocycles. The van der Waals surface area contributed by atoms with Crippen LogP contribution in [0.4, 0.5) is 0 Å². The van der Waals surface area contributed by atoms with Crippen LogP contribution in [0.2, 0.25) is 0 Å². The highest BCUT2D eigenvalue weighted by Crippen LogP contribution is 2.21. The van der Waals surface area contributed by atoms with Gasteiger partial charge < -0.3 is 9.29 Å². The molecule has 3 nitrogen and oxygen atoms in total. The third-order valence-electron chi connectivity index (χ3n) is 2.02. The Bertz CT molecular complexity index is 345. The second-order valence-corrected chi connectivity index (χ2v) is 4.35. The first-order chi connectivity index (χ1) is 7.15. The van der Waals surface area contributed by atoms with Crippen molar-refractivity contribution in [3.63, 3.8) is 0 Å². The molecule has 4 heteroatoms. The van der Waals surface area contributed by atoms with Crippen molar-refractivity contribution < 1.29 is 13.5 Å². The van der Waals surface area contributed by atoms with Gasteiger partial charge in [0, 0.05) is 0 Å². The fraction of sp³-hybridized carbons (Fsp3) is 0.273. The van der Waals surface area contributed by atoms with Crippen LogP contribution in [0.25, 0.3) is 0 Å². The molecule has 0 saturated carbocycles. The molecule has 2 atom stereocenters. The molecule has 1 aromatic rings. The van der Waals surface area contributed by atoms with Crippen LogP contribution in [-0.2, 0) is 11.1 Å². The van der Waals surface area contributed by atoms with Crippen molar-refractivity contribution in [1.29, 1.82) is 0 Å². The SMILES string of the molecule is C=CCOc1ccc(C(C)S(=O)O)cc1. The van der Waals surface area contributed by atoms with Crippen LogP contribution in [0.1, 0.15) is 17.7 Å². The van der Waals surface area contributed by atoms with Crippen molar-refractivity contribution in [3.05, 3.63) is 42.5 Å². The van der Waals surface area contributed by atoms with Crippen LogP contribution in [0.15, 0.2) is 36.9 Å². The Kier molecular flexibility index (Phi) is 4.52. The molecule has 0 heterocycles. The Morgan fingerprint density at radius 2 is 2.13 bits per heavy atom. The Morgan fingerprint density at radius 3 is 2.60 bits per heavy atom. The van der Waals surface area contributed by atoms with Gasteiger partial charge in [-0.3, -0.25) is 0 Å². The van der Waals surface area contributed by atoms with Gasteiger partial charge in [0.15, 0.2) is 11.1 Å². The molecular weight excluding hydrogens is 212 g/mol. The minimum atomic E-state index is -1.83. The molecule has 0 aliphatic rings. The van der Waals surface area contributed by atoms with E-state index in [0.717, 1.165) is 11.3 Å². The van der Waals surface area contributed by atoms with Gasteiger partial charge in [-0.05, 0) is 24.6 Å². The second-order valence-electron chi connectivity index (χ2n) is 3.09. The summed E-state index contributed by atoms with van der Waals surface area (Å²) in [6, 6.07) is 7.14. The Morgan fingerprint density at radius 1 is 1.53 bits per heavy atom. The van der Waals surface area contributed by atoms with E-state index in [-0.39, 0.29) is 5.25 Å². The molecule has 0 aromatic heterocycles. The molecule has 1 aromatic carbocycles. The van der Waals surface area contributed by atoms with Crippen LogP contribution in [0.5, 0.6) is 5.75 Å². The minimum absolute atomic E-state index is 0.376. The molecule has 2 unspecified atom stereocenters. The molecule has 0 fully saturated rings. The normalized spacial score (nSPS) is 14.3. The highest BCUT2D eigenvalue weighted by Gasteiger charge is 2.10. The molecule has 15 heavy (non-hydrogen) atoms. The summed E-state index contributed by atoms with van der Waals surface area (Å²) in [5.41, 5.74) is 0.821. The third-order valence-corrected chi connectivity index (χ3v) is 2.90. The first kappa shape index (κ1) is 11.9. The predicted octanol–water partition coefficient (Wildman–Crippen LogP) is 2.53. The van der Waals surface area contributed by atoms with E-state index >= 15 is 0 Å². The zero-order valence-electron chi connectivity index (χ0n) is 8.55. The first-order valence-corrected chi connectivity index (χ1v) is 5.75. The minimum Gasteiger partial charge on any atom is -0.490 e. The molecule has 82 valence electrons. The number of hydrogen-bond acceptors (Lipinski definition) is 2. The smallest absolute Gasteiger partial charge is 0.160 e. The van der Waals surface area contributed by atoms with Crippen molar-refractivity contribution in [3.8, 4) is 5.75 Å². The Hall–Kier alpha value is -1.13. The molecule has 1 rings (SSSR count). The summed E-state index contributed by atoms with van der Waals surface area (Å²) in [4.78, 5) is 0. The standard InChI is InChI=1S/C11H14O3S/c1-3-8-14-11-6-4-10(5-7-11)9(2)15(12)13/h3-7,9H,1,8H2,2H3,(H,12,13). The lowest BCUT2D eigenvalue weighted by Gasteiger charge is -2.08. The Labute approximate surface area is 92.1 Å². The van der Waals surface area contributed by atoms with Gasteiger partial charge in [-0.1, -0.05) is 24.8 Å². The maximum atomic E-state index is 10.8. The summed E-state index contributed by atoms with van der Waals surface area (Å²) >= 11 is -1.83. The lowest BCUT2D eigenvalue weighted by atomic mass is 10.1. The zero-order chi connectivity index (χ0) is 11.3. The largest absolute Gasteiger partial charge is 0.490 e. The van der Waals surface area contributed by atoms with Crippen LogP contribution in [-0.4, -0.2) is 15.4 Å². The van der Waals surface area contributed by atoms with Crippen molar-refractivity contribution in [2.75, 3.05) is 6.61 Å². The summed E-state index contributed by atoms with van der Waals surface area (Å²) in [7, 11) is 0. The highest BCUT2D eigenvalue weighted by molar-refractivity contribution is 7.79. The number of ether oxygens (including phenoxy) is 1. The maximum absolute atomic E-state index is 10.8. The van der Waals surface area contributed by atoms with Gasteiger partial charge >= 0.3 is 0 Å². The summed E-state index contributed by atoms with van der Waals surface area (Å²) in [6.07, 6.45) is 1.67. The molecule has 0 aliphatic heterocycles. The summed E-state index contributed by atoms with van der Waals surface area (Å²) in [5, 5.41) is -0.376. The topological polar surface area (TPSA) is 46.5 Å². The van der Waals surface area contributed by atoms with Gasteiger partial charge in [-0.2, -0.15) is 0 Å². The van der Waals surface area contributed by atoms with E-state index in [1.54, 1.807) is 37.3 Å². The van der Waals surface area contributed by atoms with Crippen molar-refractivity contribution in [2.45, 2.75) is 12.2 Å². The van der Waals surface area contributed by atoms with E-state index in [4.69, 9.17) is 9.29 Å². The lowest BCUT2D eigenvalue weighted by Crippen LogP contribution is -2.00. The predicted molar refractivity (Wildman–Crippen MR) is 61.3 cm³/mol. The van der Waals surface area contributed by atoms with Crippen LogP contribution >= 0.6 is 0 Å². The monoisotopic (exact) mass is 226 g/mol. The van der Waals surface area contributed by atoms with Gasteiger partial charge in [0.1, 0.15) is 12.4 Å². The van der Waals surface area contributed by atoms with E-state index in [1.807, 2.05) is 0 Å². The summed E-state index contributed by atoms with van der Waals surface area (Å²) in [5.74, 6) is 0.731. The van der Waals surface area contributed by atoms with E-state index in [9.17, 15) is 4.21 Å². The van der Waals surface area contributed by atoms with Gasteiger partial charge in [0.05, 0.1) is 5.25 Å². The van der Waals surface area contributed by atoms with Crippen LogP contribution < -0.4 is 4.74 Å². The molecule has 0 amide bonds. The van der Waals surface area contributed by atoms with Crippen molar-refractivity contribution in [2.24, 2.45) is 0 Å². The quantitative estimate of drug-likeness (QED) is 0.620. The third kappa shape index (κ3) is 3.49.